The van der Waals surface area contributed by atoms with Gasteiger partial charge in [0.15, 0.2) is 6.61 Å². The summed E-state index contributed by atoms with van der Waals surface area (Å²) < 4.78 is 10.3. The van der Waals surface area contributed by atoms with Crippen LogP contribution in [0.1, 0.15) is 18.4 Å². The second kappa shape index (κ2) is 7.64. The van der Waals surface area contributed by atoms with Crippen LogP contribution in [0.25, 0.3) is 0 Å². The van der Waals surface area contributed by atoms with E-state index in [1.54, 1.807) is 12.1 Å². The molecule has 0 bridgehead atoms. The van der Waals surface area contributed by atoms with Gasteiger partial charge in [0.2, 0.25) is 5.91 Å². The Kier molecular flexibility index (Phi) is 5.57. The minimum atomic E-state index is -1.00. The number of rotatable bonds is 7. The summed E-state index contributed by atoms with van der Waals surface area (Å²) >= 11 is 0. The van der Waals surface area contributed by atoms with E-state index < -0.39 is 5.97 Å². The quantitative estimate of drug-likeness (QED) is 0.783. The summed E-state index contributed by atoms with van der Waals surface area (Å²) in [5.41, 5.74) is 1.05. The average Bonchev–Trinajstić information content (AvgIpc) is 3.00. The van der Waals surface area contributed by atoms with Crippen LogP contribution in [0.3, 0.4) is 0 Å². The molecule has 6 heteroatoms. The molecular formula is C15H19NO5. The SMILES string of the molecule is O=C(O)COc1ccc(CCNC(=O)[C@@H]2CCCO2)cc1. The van der Waals surface area contributed by atoms with Gasteiger partial charge in [-0.2, -0.15) is 0 Å². The number of carbonyl (C=O) groups excluding carboxylic acids is 1. The number of carboxylic acids is 1. The zero-order chi connectivity index (χ0) is 15.1. The fourth-order valence-electron chi connectivity index (χ4n) is 2.13. The van der Waals surface area contributed by atoms with E-state index in [1.807, 2.05) is 12.1 Å². The highest BCUT2D eigenvalue weighted by atomic mass is 16.5. The Bertz CT molecular complexity index is 479. The molecule has 0 saturated carbocycles. The molecule has 1 amide bonds. The van der Waals surface area contributed by atoms with Gasteiger partial charge in [0.25, 0.3) is 0 Å². The lowest BCUT2D eigenvalue weighted by Crippen LogP contribution is -2.35. The zero-order valence-electron chi connectivity index (χ0n) is 11.7. The summed E-state index contributed by atoms with van der Waals surface area (Å²) in [5.74, 6) is -0.533. The third kappa shape index (κ3) is 5.07. The molecule has 114 valence electrons. The van der Waals surface area contributed by atoms with Gasteiger partial charge >= 0.3 is 5.97 Å². The molecule has 2 rings (SSSR count). The van der Waals surface area contributed by atoms with Crippen LogP contribution < -0.4 is 10.1 Å². The zero-order valence-corrected chi connectivity index (χ0v) is 11.7. The van der Waals surface area contributed by atoms with E-state index in [0.29, 0.717) is 25.3 Å². The Morgan fingerprint density at radius 2 is 2.10 bits per heavy atom. The molecule has 1 fully saturated rings. The molecule has 1 aromatic rings. The van der Waals surface area contributed by atoms with E-state index in [4.69, 9.17) is 14.6 Å². The summed E-state index contributed by atoms with van der Waals surface area (Å²) in [4.78, 5) is 22.1. The number of ether oxygens (including phenoxy) is 2. The summed E-state index contributed by atoms with van der Waals surface area (Å²) in [6, 6.07) is 7.16. The number of nitrogens with one attached hydrogen (secondary N) is 1. The minimum absolute atomic E-state index is 0.0473. The predicted molar refractivity (Wildman–Crippen MR) is 75.3 cm³/mol. The van der Waals surface area contributed by atoms with Crippen molar-refractivity contribution >= 4 is 11.9 Å². The van der Waals surface area contributed by atoms with Crippen LogP contribution in [-0.4, -0.2) is 42.8 Å². The van der Waals surface area contributed by atoms with Crippen molar-refractivity contribution in [2.45, 2.75) is 25.4 Å². The first kappa shape index (κ1) is 15.3. The lowest BCUT2D eigenvalue weighted by atomic mass is 10.1. The molecule has 2 N–H and O–H groups in total. The summed E-state index contributed by atoms with van der Waals surface area (Å²) in [6.45, 7) is 0.862. The molecule has 21 heavy (non-hydrogen) atoms. The first-order valence-corrected chi connectivity index (χ1v) is 6.98. The first-order valence-electron chi connectivity index (χ1n) is 6.98. The van der Waals surface area contributed by atoms with Crippen molar-refractivity contribution < 1.29 is 24.2 Å². The number of hydrogen-bond donors (Lipinski definition) is 2. The number of hydrogen-bond acceptors (Lipinski definition) is 4. The van der Waals surface area contributed by atoms with Crippen molar-refractivity contribution in [1.82, 2.24) is 5.32 Å². The highest BCUT2D eigenvalue weighted by Crippen LogP contribution is 2.13. The highest BCUT2D eigenvalue weighted by molar-refractivity contribution is 5.80. The van der Waals surface area contributed by atoms with Crippen molar-refractivity contribution in [2.75, 3.05) is 19.8 Å². The van der Waals surface area contributed by atoms with Crippen molar-refractivity contribution in [2.24, 2.45) is 0 Å². The number of carboxylic acid groups (broad SMARTS) is 1. The monoisotopic (exact) mass is 293 g/mol. The minimum Gasteiger partial charge on any atom is -0.482 e. The fraction of sp³-hybridized carbons (Fsp3) is 0.467. The second-order valence-electron chi connectivity index (χ2n) is 4.87. The smallest absolute Gasteiger partial charge is 0.341 e. The van der Waals surface area contributed by atoms with E-state index in [2.05, 4.69) is 5.32 Å². The molecule has 0 radical (unpaired) electrons. The van der Waals surface area contributed by atoms with Crippen molar-refractivity contribution in [1.29, 1.82) is 0 Å². The predicted octanol–water partition coefficient (Wildman–Crippen LogP) is 0.988. The van der Waals surface area contributed by atoms with E-state index in [1.165, 1.54) is 0 Å². The Morgan fingerprint density at radius 1 is 1.33 bits per heavy atom. The van der Waals surface area contributed by atoms with Gasteiger partial charge in [-0.3, -0.25) is 4.79 Å². The number of aliphatic carboxylic acids is 1. The van der Waals surface area contributed by atoms with Crippen molar-refractivity contribution in [3.63, 3.8) is 0 Å². The van der Waals surface area contributed by atoms with Gasteiger partial charge in [-0.25, -0.2) is 4.79 Å². The lowest BCUT2D eigenvalue weighted by Gasteiger charge is -2.10. The van der Waals surface area contributed by atoms with Gasteiger partial charge in [0.05, 0.1) is 0 Å². The standard InChI is InChI=1S/C15H19NO5/c17-14(18)10-21-12-5-3-11(4-6-12)7-8-16-15(19)13-2-1-9-20-13/h3-6,13H,1-2,7-10H2,(H,16,19)(H,17,18)/t13-/m0/s1. The van der Waals surface area contributed by atoms with Gasteiger partial charge in [0.1, 0.15) is 11.9 Å². The van der Waals surface area contributed by atoms with Crippen LogP contribution in [0.2, 0.25) is 0 Å². The maximum absolute atomic E-state index is 11.7. The third-order valence-electron chi connectivity index (χ3n) is 3.22. The molecule has 1 aliphatic rings. The average molecular weight is 293 g/mol. The topological polar surface area (TPSA) is 84.9 Å². The number of carbonyl (C=O) groups is 2. The molecule has 1 saturated heterocycles. The largest absolute Gasteiger partial charge is 0.482 e. The van der Waals surface area contributed by atoms with Gasteiger partial charge in [-0.05, 0) is 37.0 Å². The molecule has 1 aromatic carbocycles. The van der Waals surface area contributed by atoms with E-state index in [0.717, 1.165) is 18.4 Å². The fourth-order valence-corrected chi connectivity index (χ4v) is 2.13. The maximum Gasteiger partial charge on any atom is 0.341 e. The molecule has 0 spiro atoms. The number of amides is 1. The van der Waals surface area contributed by atoms with Gasteiger partial charge in [-0.1, -0.05) is 12.1 Å². The Morgan fingerprint density at radius 3 is 2.71 bits per heavy atom. The number of benzene rings is 1. The van der Waals surface area contributed by atoms with Crippen LogP contribution in [-0.2, 0) is 20.7 Å². The van der Waals surface area contributed by atoms with Gasteiger partial charge in [-0.15, -0.1) is 0 Å². The van der Waals surface area contributed by atoms with Crippen molar-refractivity contribution in [3.8, 4) is 5.75 Å². The van der Waals surface area contributed by atoms with Crippen LogP contribution >= 0.6 is 0 Å². The summed E-state index contributed by atoms with van der Waals surface area (Å²) in [6.07, 6.45) is 2.14. The van der Waals surface area contributed by atoms with Crippen molar-refractivity contribution in [3.05, 3.63) is 29.8 Å². The Labute approximate surface area is 123 Å². The van der Waals surface area contributed by atoms with Gasteiger partial charge < -0.3 is 19.9 Å². The molecule has 0 aromatic heterocycles. The Hall–Kier alpha value is -2.08. The lowest BCUT2D eigenvalue weighted by molar-refractivity contribution is -0.139. The molecular weight excluding hydrogens is 274 g/mol. The van der Waals surface area contributed by atoms with E-state index in [9.17, 15) is 9.59 Å². The summed E-state index contributed by atoms with van der Waals surface area (Å²) in [5, 5.41) is 11.4. The normalized spacial score (nSPS) is 17.4. The molecule has 1 aliphatic heterocycles. The summed E-state index contributed by atoms with van der Waals surface area (Å²) in [7, 11) is 0. The third-order valence-corrected chi connectivity index (χ3v) is 3.22. The molecule has 6 nitrogen and oxygen atoms in total. The maximum atomic E-state index is 11.7. The van der Waals surface area contributed by atoms with Crippen LogP contribution in [0, 0.1) is 0 Å². The Balaban J connectivity index is 1.70. The van der Waals surface area contributed by atoms with E-state index >= 15 is 0 Å². The first-order chi connectivity index (χ1) is 10.1. The highest BCUT2D eigenvalue weighted by Gasteiger charge is 2.22. The van der Waals surface area contributed by atoms with Crippen LogP contribution in [0.15, 0.2) is 24.3 Å². The molecule has 0 unspecified atom stereocenters. The van der Waals surface area contributed by atoms with Gasteiger partial charge in [0, 0.05) is 13.2 Å². The van der Waals surface area contributed by atoms with Crippen LogP contribution in [0.5, 0.6) is 5.75 Å². The van der Waals surface area contributed by atoms with Crippen LogP contribution in [0.4, 0.5) is 0 Å². The van der Waals surface area contributed by atoms with E-state index in [-0.39, 0.29) is 18.6 Å². The second-order valence-corrected chi connectivity index (χ2v) is 4.87. The molecule has 0 aliphatic carbocycles. The molecule has 1 atom stereocenters. The molecule has 1 heterocycles.